The van der Waals surface area contributed by atoms with Crippen molar-refractivity contribution < 1.29 is 0 Å². The van der Waals surface area contributed by atoms with Crippen molar-refractivity contribution in [2.24, 2.45) is 11.8 Å². The van der Waals surface area contributed by atoms with Crippen molar-refractivity contribution in [3.63, 3.8) is 0 Å². The van der Waals surface area contributed by atoms with Gasteiger partial charge in [0, 0.05) is 0 Å². The molecule has 0 rings (SSSR count). The number of hydrogen-bond donors (Lipinski definition) is 1. The van der Waals surface area contributed by atoms with Gasteiger partial charge in [-0.25, -0.2) is 0 Å². The van der Waals surface area contributed by atoms with E-state index in [2.05, 4.69) is 33.1 Å². The van der Waals surface area contributed by atoms with Crippen molar-refractivity contribution in [3.05, 3.63) is 0 Å². The number of hydrogen-bond acceptors (Lipinski definition) is 1. The van der Waals surface area contributed by atoms with Gasteiger partial charge < -0.3 is 5.32 Å². The van der Waals surface area contributed by atoms with E-state index in [1.807, 2.05) is 0 Å². The van der Waals surface area contributed by atoms with Crippen LogP contribution in [0.4, 0.5) is 0 Å². The summed E-state index contributed by atoms with van der Waals surface area (Å²) in [6, 6.07) is 0. The van der Waals surface area contributed by atoms with E-state index >= 15 is 0 Å². The lowest BCUT2D eigenvalue weighted by molar-refractivity contribution is 0.352. The first kappa shape index (κ1) is 12.0. The summed E-state index contributed by atoms with van der Waals surface area (Å²) in [7, 11) is 2.05. The van der Waals surface area contributed by atoms with Gasteiger partial charge in [-0.1, -0.05) is 33.6 Å². The molecule has 74 valence electrons. The molecular formula is C11H25N. The standard InChI is InChI=1S/C11H25N/c1-5-7-11(9-12-4)8-10(3)6-2/h10-12H,5-9H2,1-4H3. The summed E-state index contributed by atoms with van der Waals surface area (Å²) in [5.41, 5.74) is 0. The van der Waals surface area contributed by atoms with Crippen molar-refractivity contribution in [2.75, 3.05) is 13.6 Å². The van der Waals surface area contributed by atoms with Crippen LogP contribution in [-0.4, -0.2) is 13.6 Å². The predicted octanol–water partition coefficient (Wildman–Crippen LogP) is 3.06. The fraction of sp³-hybridized carbons (Fsp3) is 1.00. The maximum Gasteiger partial charge on any atom is -0.00234 e. The molecule has 2 unspecified atom stereocenters. The number of rotatable bonds is 7. The highest BCUT2D eigenvalue weighted by Crippen LogP contribution is 2.18. The van der Waals surface area contributed by atoms with Gasteiger partial charge in [0.05, 0.1) is 0 Å². The molecule has 0 aromatic heterocycles. The van der Waals surface area contributed by atoms with Gasteiger partial charge in [-0.2, -0.15) is 0 Å². The third kappa shape index (κ3) is 5.59. The van der Waals surface area contributed by atoms with Gasteiger partial charge in [0.15, 0.2) is 0 Å². The van der Waals surface area contributed by atoms with Crippen LogP contribution in [0.2, 0.25) is 0 Å². The maximum absolute atomic E-state index is 3.28. The molecule has 0 heterocycles. The molecule has 0 aliphatic heterocycles. The van der Waals surface area contributed by atoms with E-state index in [-0.39, 0.29) is 0 Å². The Hall–Kier alpha value is -0.0400. The highest BCUT2D eigenvalue weighted by atomic mass is 14.8. The molecule has 0 radical (unpaired) electrons. The molecule has 1 heteroatoms. The normalized spacial score (nSPS) is 16.0. The van der Waals surface area contributed by atoms with Gasteiger partial charge in [0.2, 0.25) is 0 Å². The molecule has 12 heavy (non-hydrogen) atoms. The van der Waals surface area contributed by atoms with Crippen LogP contribution in [0.25, 0.3) is 0 Å². The zero-order chi connectivity index (χ0) is 9.40. The fourth-order valence-corrected chi connectivity index (χ4v) is 1.74. The average Bonchev–Trinajstić information content (AvgIpc) is 2.05. The first-order valence-electron chi connectivity index (χ1n) is 5.39. The van der Waals surface area contributed by atoms with E-state index < -0.39 is 0 Å². The summed E-state index contributed by atoms with van der Waals surface area (Å²) in [6.07, 6.45) is 5.42. The Kier molecular flexibility index (Phi) is 7.58. The lowest BCUT2D eigenvalue weighted by Gasteiger charge is -2.19. The molecule has 0 spiro atoms. The van der Waals surface area contributed by atoms with Crippen LogP contribution in [0, 0.1) is 11.8 Å². The molecule has 0 saturated heterocycles. The van der Waals surface area contributed by atoms with Crippen LogP contribution in [0.5, 0.6) is 0 Å². The SMILES string of the molecule is CCCC(CNC)CC(C)CC. The molecule has 0 aromatic rings. The van der Waals surface area contributed by atoms with E-state index in [1.54, 1.807) is 0 Å². The van der Waals surface area contributed by atoms with Crippen LogP contribution in [0.15, 0.2) is 0 Å². The quantitative estimate of drug-likeness (QED) is 0.621. The summed E-state index contributed by atoms with van der Waals surface area (Å²) in [6.45, 7) is 8.11. The summed E-state index contributed by atoms with van der Waals surface area (Å²) >= 11 is 0. The molecule has 2 atom stereocenters. The smallest absolute Gasteiger partial charge is 0.00234 e. The van der Waals surface area contributed by atoms with Crippen LogP contribution in [0.1, 0.15) is 46.5 Å². The monoisotopic (exact) mass is 171 g/mol. The van der Waals surface area contributed by atoms with Crippen molar-refractivity contribution in [1.82, 2.24) is 5.32 Å². The Balaban J connectivity index is 3.61. The molecule has 0 fully saturated rings. The second kappa shape index (κ2) is 7.60. The summed E-state index contributed by atoms with van der Waals surface area (Å²) < 4.78 is 0. The van der Waals surface area contributed by atoms with E-state index in [4.69, 9.17) is 0 Å². The second-order valence-electron chi connectivity index (χ2n) is 3.96. The Morgan fingerprint density at radius 3 is 2.33 bits per heavy atom. The largest absolute Gasteiger partial charge is 0.319 e. The van der Waals surface area contributed by atoms with E-state index in [1.165, 1.54) is 32.2 Å². The molecule has 0 aliphatic rings. The third-order valence-electron chi connectivity index (χ3n) is 2.62. The maximum atomic E-state index is 3.28. The topological polar surface area (TPSA) is 12.0 Å². The highest BCUT2D eigenvalue weighted by molar-refractivity contribution is 4.64. The van der Waals surface area contributed by atoms with Crippen molar-refractivity contribution in [3.8, 4) is 0 Å². The molecular weight excluding hydrogens is 146 g/mol. The minimum Gasteiger partial charge on any atom is -0.319 e. The van der Waals surface area contributed by atoms with Crippen molar-refractivity contribution in [2.45, 2.75) is 46.5 Å². The Bertz CT molecular complexity index is 85.0. The molecule has 0 aromatic carbocycles. The van der Waals surface area contributed by atoms with Crippen molar-refractivity contribution in [1.29, 1.82) is 0 Å². The lowest BCUT2D eigenvalue weighted by Crippen LogP contribution is -2.20. The molecule has 1 N–H and O–H groups in total. The van der Waals surface area contributed by atoms with Gasteiger partial charge in [-0.15, -0.1) is 0 Å². The minimum absolute atomic E-state index is 0.898. The molecule has 0 amide bonds. The Morgan fingerprint density at radius 1 is 1.25 bits per heavy atom. The van der Waals surface area contributed by atoms with E-state index in [0.717, 1.165) is 11.8 Å². The predicted molar refractivity (Wildman–Crippen MR) is 56.4 cm³/mol. The minimum atomic E-state index is 0.898. The Labute approximate surface area is 77.9 Å². The first-order valence-corrected chi connectivity index (χ1v) is 5.39. The van der Waals surface area contributed by atoms with Crippen LogP contribution in [-0.2, 0) is 0 Å². The molecule has 0 aliphatic carbocycles. The fourth-order valence-electron chi connectivity index (χ4n) is 1.74. The highest BCUT2D eigenvalue weighted by Gasteiger charge is 2.09. The zero-order valence-corrected chi connectivity index (χ0v) is 9.19. The summed E-state index contributed by atoms with van der Waals surface area (Å²) in [5.74, 6) is 1.80. The Morgan fingerprint density at radius 2 is 1.92 bits per heavy atom. The first-order chi connectivity index (χ1) is 5.74. The lowest BCUT2D eigenvalue weighted by atomic mass is 9.91. The third-order valence-corrected chi connectivity index (χ3v) is 2.62. The van der Waals surface area contributed by atoms with Crippen LogP contribution >= 0.6 is 0 Å². The molecule has 1 nitrogen and oxygen atoms in total. The number of nitrogens with one attached hydrogen (secondary N) is 1. The van der Waals surface area contributed by atoms with Gasteiger partial charge in [-0.3, -0.25) is 0 Å². The zero-order valence-electron chi connectivity index (χ0n) is 9.19. The van der Waals surface area contributed by atoms with Crippen LogP contribution < -0.4 is 5.32 Å². The molecule has 0 saturated carbocycles. The van der Waals surface area contributed by atoms with Crippen LogP contribution in [0.3, 0.4) is 0 Å². The molecule has 0 bridgehead atoms. The van der Waals surface area contributed by atoms with E-state index in [9.17, 15) is 0 Å². The van der Waals surface area contributed by atoms with Gasteiger partial charge in [0.1, 0.15) is 0 Å². The van der Waals surface area contributed by atoms with E-state index in [0.29, 0.717) is 0 Å². The summed E-state index contributed by atoms with van der Waals surface area (Å²) in [4.78, 5) is 0. The average molecular weight is 171 g/mol. The van der Waals surface area contributed by atoms with Gasteiger partial charge >= 0.3 is 0 Å². The van der Waals surface area contributed by atoms with Gasteiger partial charge in [0.25, 0.3) is 0 Å². The summed E-state index contributed by atoms with van der Waals surface area (Å²) in [5, 5.41) is 3.28. The van der Waals surface area contributed by atoms with Crippen molar-refractivity contribution >= 4 is 0 Å². The second-order valence-corrected chi connectivity index (χ2v) is 3.96. The van der Waals surface area contributed by atoms with Gasteiger partial charge in [-0.05, 0) is 38.3 Å².